The van der Waals surface area contributed by atoms with E-state index in [2.05, 4.69) is 15.5 Å². The number of carbonyl (C=O) groups is 2. The molecule has 0 fully saturated rings. The average Bonchev–Trinajstić information content (AvgIpc) is 3.03. The van der Waals surface area contributed by atoms with Gasteiger partial charge in [0.25, 0.3) is 0 Å². The van der Waals surface area contributed by atoms with Crippen molar-refractivity contribution in [3.05, 3.63) is 21.4 Å². The van der Waals surface area contributed by atoms with Crippen LogP contribution in [-0.2, 0) is 4.74 Å². The predicted octanol–water partition coefficient (Wildman–Crippen LogP) is 3.76. The van der Waals surface area contributed by atoms with Crippen LogP contribution in [0.15, 0.2) is 10.4 Å². The van der Waals surface area contributed by atoms with Gasteiger partial charge < -0.3 is 4.74 Å². The Morgan fingerprint density at radius 3 is 2.73 bits per heavy atom. The molecular formula is C13H15N3O3S3. The third-order valence-electron chi connectivity index (χ3n) is 2.56. The van der Waals surface area contributed by atoms with E-state index in [9.17, 15) is 9.59 Å². The minimum Gasteiger partial charge on any atom is -0.450 e. The first-order chi connectivity index (χ1) is 10.5. The Morgan fingerprint density at radius 1 is 1.32 bits per heavy atom. The molecule has 2 aromatic rings. The molecule has 0 spiro atoms. The maximum absolute atomic E-state index is 12.2. The molecule has 6 nitrogen and oxygen atoms in total. The lowest BCUT2D eigenvalue weighted by Crippen LogP contribution is -2.12. The molecule has 9 heteroatoms. The Hall–Kier alpha value is -1.45. The number of thiophene rings is 1. The van der Waals surface area contributed by atoms with Crippen molar-refractivity contribution in [2.24, 2.45) is 0 Å². The number of aryl methyl sites for hydroxylation is 2. The summed E-state index contributed by atoms with van der Waals surface area (Å²) >= 11 is 4.14. The number of carbonyl (C=O) groups excluding carboxylic acids is 2. The number of thioether (sulfide) groups is 1. The van der Waals surface area contributed by atoms with Gasteiger partial charge in [0.15, 0.2) is 10.1 Å². The molecule has 2 aromatic heterocycles. The molecule has 2 heterocycles. The summed E-state index contributed by atoms with van der Waals surface area (Å²) in [6, 6.07) is 1.91. The summed E-state index contributed by atoms with van der Waals surface area (Å²) in [5.41, 5.74) is 0.768. The highest BCUT2D eigenvalue weighted by Gasteiger charge is 2.14. The van der Waals surface area contributed by atoms with Gasteiger partial charge in [0.2, 0.25) is 5.13 Å². The lowest BCUT2D eigenvalue weighted by Gasteiger charge is -1.99. The molecule has 0 saturated carbocycles. The van der Waals surface area contributed by atoms with Crippen molar-refractivity contribution in [2.75, 3.05) is 17.7 Å². The monoisotopic (exact) mass is 357 g/mol. The standard InChI is InChI=1S/C13H15N3O3S3/c1-4-19-12(18)14-11-15-16-13(22-11)20-6-10(17)9-5-7(2)21-8(9)3/h5H,4,6H2,1-3H3,(H,14,15,18). The largest absolute Gasteiger partial charge is 0.450 e. The van der Waals surface area contributed by atoms with Crippen molar-refractivity contribution in [3.63, 3.8) is 0 Å². The van der Waals surface area contributed by atoms with Crippen LogP contribution in [0.3, 0.4) is 0 Å². The molecule has 22 heavy (non-hydrogen) atoms. The summed E-state index contributed by atoms with van der Waals surface area (Å²) in [6.45, 7) is 5.95. The van der Waals surface area contributed by atoms with Crippen molar-refractivity contribution in [2.45, 2.75) is 25.1 Å². The number of Topliss-reactive ketones (excluding diaryl/α,β-unsaturated/α-hetero) is 1. The van der Waals surface area contributed by atoms with Gasteiger partial charge in [-0.15, -0.1) is 21.5 Å². The number of aromatic nitrogens is 2. The molecule has 0 unspecified atom stereocenters. The predicted molar refractivity (Wildman–Crippen MR) is 89.4 cm³/mol. The minimum atomic E-state index is -0.560. The zero-order chi connectivity index (χ0) is 16.1. The van der Waals surface area contributed by atoms with Crippen LogP contribution in [0.1, 0.15) is 27.0 Å². The van der Waals surface area contributed by atoms with Crippen LogP contribution in [0.2, 0.25) is 0 Å². The van der Waals surface area contributed by atoms with E-state index in [-0.39, 0.29) is 5.78 Å². The van der Waals surface area contributed by atoms with Crippen molar-refractivity contribution >= 4 is 51.4 Å². The number of hydrogen-bond donors (Lipinski definition) is 1. The van der Waals surface area contributed by atoms with E-state index >= 15 is 0 Å². The maximum atomic E-state index is 12.2. The molecule has 118 valence electrons. The molecule has 0 radical (unpaired) electrons. The molecule has 0 bridgehead atoms. The number of ketones is 1. The lowest BCUT2D eigenvalue weighted by atomic mass is 10.2. The van der Waals surface area contributed by atoms with Gasteiger partial charge in [-0.05, 0) is 26.8 Å². The van der Waals surface area contributed by atoms with Gasteiger partial charge in [0.05, 0.1) is 12.4 Å². The molecule has 0 aliphatic rings. The molecule has 0 aliphatic carbocycles. The van der Waals surface area contributed by atoms with Crippen LogP contribution in [0.4, 0.5) is 9.93 Å². The first kappa shape index (κ1) is 16.9. The first-order valence-corrected chi connectivity index (χ1v) is 9.11. The third-order valence-corrected chi connectivity index (χ3v) is 5.50. The van der Waals surface area contributed by atoms with E-state index in [1.165, 1.54) is 23.1 Å². The fourth-order valence-electron chi connectivity index (χ4n) is 1.69. The number of nitrogens with zero attached hydrogens (tertiary/aromatic N) is 2. The van der Waals surface area contributed by atoms with Gasteiger partial charge in [-0.25, -0.2) is 4.79 Å². The topological polar surface area (TPSA) is 81.2 Å². The number of anilines is 1. The van der Waals surface area contributed by atoms with Crippen molar-refractivity contribution < 1.29 is 14.3 Å². The van der Waals surface area contributed by atoms with E-state index in [4.69, 9.17) is 4.74 Å². The van der Waals surface area contributed by atoms with Crippen molar-refractivity contribution in [1.29, 1.82) is 0 Å². The normalized spacial score (nSPS) is 10.5. The number of nitrogens with one attached hydrogen (secondary N) is 1. The molecular weight excluding hydrogens is 342 g/mol. The Kier molecular flexibility index (Phi) is 5.92. The molecule has 1 N–H and O–H groups in total. The number of ether oxygens (including phenoxy) is 1. The van der Waals surface area contributed by atoms with Gasteiger partial charge in [0.1, 0.15) is 0 Å². The van der Waals surface area contributed by atoms with Crippen molar-refractivity contribution in [3.8, 4) is 0 Å². The smallest absolute Gasteiger partial charge is 0.413 e. The van der Waals surface area contributed by atoms with Crippen molar-refractivity contribution in [1.82, 2.24) is 10.2 Å². The third kappa shape index (κ3) is 4.52. The Balaban J connectivity index is 1.89. The van der Waals surface area contributed by atoms with Crippen LogP contribution >= 0.6 is 34.4 Å². The molecule has 2 rings (SSSR count). The molecule has 0 atom stereocenters. The molecule has 0 aromatic carbocycles. The first-order valence-electron chi connectivity index (χ1n) is 6.50. The molecule has 0 aliphatic heterocycles. The Labute approximate surface area is 140 Å². The van der Waals surface area contributed by atoms with Gasteiger partial charge in [-0.1, -0.05) is 23.1 Å². The van der Waals surface area contributed by atoms with Crippen LogP contribution in [0.25, 0.3) is 0 Å². The zero-order valence-corrected chi connectivity index (χ0v) is 14.8. The fraction of sp³-hybridized carbons (Fsp3) is 0.385. The second-order valence-electron chi connectivity index (χ2n) is 4.26. The quantitative estimate of drug-likeness (QED) is 0.482. The van der Waals surface area contributed by atoms with E-state index in [1.54, 1.807) is 18.3 Å². The van der Waals surface area contributed by atoms with E-state index in [0.29, 0.717) is 21.8 Å². The van der Waals surface area contributed by atoms with E-state index < -0.39 is 6.09 Å². The van der Waals surface area contributed by atoms with Crippen LogP contribution in [0, 0.1) is 13.8 Å². The highest BCUT2D eigenvalue weighted by Crippen LogP contribution is 2.28. The second-order valence-corrected chi connectivity index (χ2v) is 7.92. The van der Waals surface area contributed by atoms with Gasteiger partial charge in [-0.3, -0.25) is 10.1 Å². The number of amides is 1. The summed E-state index contributed by atoms with van der Waals surface area (Å²) in [6.07, 6.45) is -0.560. The van der Waals surface area contributed by atoms with E-state index in [0.717, 1.165) is 15.3 Å². The number of rotatable bonds is 6. The minimum absolute atomic E-state index is 0.0713. The Bertz CT molecular complexity index is 681. The second kappa shape index (κ2) is 7.70. The van der Waals surface area contributed by atoms with Gasteiger partial charge >= 0.3 is 6.09 Å². The van der Waals surface area contributed by atoms with Gasteiger partial charge in [0, 0.05) is 15.3 Å². The van der Waals surface area contributed by atoms with Gasteiger partial charge in [-0.2, -0.15) is 0 Å². The highest BCUT2D eigenvalue weighted by molar-refractivity contribution is 8.01. The van der Waals surface area contributed by atoms with E-state index in [1.807, 2.05) is 19.9 Å². The summed E-state index contributed by atoms with van der Waals surface area (Å²) in [7, 11) is 0. The molecule has 1 amide bonds. The molecule has 0 saturated heterocycles. The average molecular weight is 357 g/mol. The summed E-state index contributed by atoms with van der Waals surface area (Å²) in [4.78, 5) is 25.6. The Morgan fingerprint density at radius 2 is 2.09 bits per heavy atom. The fourth-order valence-corrected chi connectivity index (χ4v) is 4.25. The SMILES string of the molecule is CCOC(=O)Nc1nnc(SCC(=O)c2cc(C)sc2C)s1. The van der Waals surface area contributed by atoms with Crippen LogP contribution < -0.4 is 5.32 Å². The summed E-state index contributed by atoms with van der Waals surface area (Å²) < 4.78 is 5.39. The van der Waals surface area contributed by atoms with Crippen LogP contribution in [0.5, 0.6) is 0 Å². The maximum Gasteiger partial charge on any atom is 0.413 e. The number of hydrogen-bond acceptors (Lipinski definition) is 8. The zero-order valence-electron chi connectivity index (χ0n) is 12.3. The summed E-state index contributed by atoms with van der Waals surface area (Å²) in [5.74, 6) is 0.368. The highest BCUT2D eigenvalue weighted by atomic mass is 32.2. The lowest BCUT2D eigenvalue weighted by molar-refractivity contribution is 0.102. The van der Waals surface area contributed by atoms with Crippen LogP contribution in [-0.4, -0.2) is 34.4 Å². The summed E-state index contributed by atoms with van der Waals surface area (Å²) in [5, 5.41) is 10.6.